The summed E-state index contributed by atoms with van der Waals surface area (Å²) in [5, 5.41) is 0. The first-order valence-corrected chi connectivity index (χ1v) is 8.64. The highest BCUT2D eigenvalue weighted by atomic mass is 19.1. The molecular formula is C21H23FN2O2. The molecule has 2 aromatic rings. The fourth-order valence-corrected chi connectivity index (χ4v) is 3.19. The van der Waals surface area contributed by atoms with Crippen LogP contribution in [0.1, 0.15) is 17.2 Å². The SMILES string of the molecule is COc1ccc(/C=C/C(=O)N2CCN(C)C[C@H]2c2ccccc2)cc1F. The van der Waals surface area contributed by atoms with Crippen LogP contribution in [0, 0.1) is 5.82 Å². The van der Waals surface area contributed by atoms with E-state index in [9.17, 15) is 9.18 Å². The van der Waals surface area contributed by atoms with Crippen LogP contribution in [0.4, 0.5) is 4.39 Å². The standard InChI is InChI=1S/C21H23FN2O2/c1-23-12-13-24(19(15-23)17-6-4-3-5-7-17)21(25)11-9-16-8-10-20(26-2)18(22)14-16/h3-11,14,19H,12-13,15H2,1-2H3/b11-9+/t19-/m0/s1. The zero-order valence-corrected chi connectivity index (χ0v) is 15.1. The molecule has 136 valence electrons. The van der Waals surface area contributed by atoms with Crippen molar-refractivity contribution in [2.75, 3.05) is 33.8 Å². The Morgan fingerprint density at radius 2 is 1.96 bits per heavy atom. The van der Waals surface area contributed by atoms with E-state index >= 15 is 0 Å². The van der Waals surface area contributed by atoms with Crippen LogP contribution >= 0.6 is 0 Å². The number of amides is 1. The van der Waals surface area contributed by atoms with Crippen LogP contribution in [0.25, 0.3) is 6.08 Å². The molecule has 1 fully saturated rings. The first kappa shape index (κ1) is 18.1. The smallest absolute Gasteiger partial charge is 0.247 e. The van der Waals surface area contributed by atoms with E-state index in [4.69, 9.17) is 4.74 Å². The zero-order chi connectivity index (χ0) is 18.5. The summed E-state index contributed by atoms with van der Waals surface area (Å²) in [4.78, 5) is 16.9. The molecule has 0 spiro atoms. The van der Waals surface area contributed by atoms with Crippen molar-refractivity contribution in [1.82, 2.24) is 9.80 Å². The summed E-state index contributed by atoms with van der Waals surface area (Å²) in [5.74, 6) is -0.316. The van der Waals surface area contributed by atoms with E-state index in [0.29, 0.717) is 12.1 Å². The van der Waals surface area contributed by atoms with Gasteiger partial charge in [0.05, 0.1) is 13.2 Å². The molecule has 1 aliphatic heterocycles. The molecule has 3 rings (SSSR count). The van der Waals surface area contributed by atoms with Crippen LogP contribution in [-0.4, -0.2) is 49.5 Å². The number of ether oxygens (including phenoxy) is 1. The van der Waals surface area contributed by atoms with Gasteiger partial charge in [-0.05, 0) is 36.4 Å². The Balaban J connectivity index is 1.77. The molecular weight excluding hydrogens is 331 g/mol. The minimum Gasteiger partial charge on any atom is -0.494 e. The molecule has 2 aromatic carbocycles. The monoisotopic (exact) mass is 354 g/mol. The third-order valence-electron chi connectivity index (χ3n) is 4.65. The third-order valence-corrected chi connectivity index (χ3v) is 4.65. The fraction of sp³-hybridized carbons (Fsp3) is 0.286. The van der Waals surface area contributed by atoms with E-state index in [0.717, 1.165) is 18.7 Å². The van der Waals surface area contributed by atoms with Crippen molar-refractivity contribution < 1.29 is 13.9 Å². The number of rotatable bonds is 4. The Hall–Kier alpha value is -2.66. The molecule has 1 heterocycles. The van der Waals surface area contributed by atoms with Crippen molar-refractivity contribution in [2.45, 2.75) is 6.04 Å². The number of hydrogen-bond acceptors (Lipinski definition) is 3. The molecule has 1 atom stereocenters. The fourth-order valence-electron chi connectivity index (χ4n) is 3.19. The Morgan fingerprint density at radius 3 is 2.65 bits per heavy atom. The molecule has 0 unspecified atom stereocenters. The quantitative estimate of drug-likeness (QED) is 0.790. The Labute approximate surface area is 153 Å². The Morgan fingerprint density at radius 1 is 1.19 bits per heavy atom. The van der Waals surface area contributed by atoms with Crippen LogP contribution in [0.15, 0.2) is 54.6 Å². The van der Waals surface area contributed by atoms with Gasteiger partial charge in [0.1, 0.15) is 0 Å². The number of likely N-dealkylation sites (N-methyl/N-ethyl adjacent to an activating group) is 1. The minimum atomic E-state index is -0.441. The summed E-state index contributed by atoms with van der Waals surface area (Å²) in [6, 6.07) is 14.7. The largest absolute Gasteiger partial charge is 0.494 e. The molecule has 0 N–H and O–H groups in total. The zero-order valence-electron chi connectivity index (χ0n) is 15.1. The van der Waals surface area contributed by atoms with Gasteiger partial charge in [-0.3, -0.25) is 4.79 Å². The van der Waals surface area contributed by atoms with Gasteiger partial charge in [0.15, 0.2) is 11.6 Å². The third kappa shape index (κ3) is 4.11. The molecule has 1 aliphatic rings. The van der Waals surface area contributed by atoms with Crippen molar-refractivity contribution >= 4 is 12.0 Å². The Bertz CT molecular complexity index is 792. The van der Waals surface area contributed by atoms with Crippen LogP contribution < -0.4 is 4.74 Å². The second-order valence-electron chi connectivity index (χ2n) is 6.45. The lowest BCUT2D eigenvalue weighted by molar-refractivity contribution is -0.130. The summed E-state index contributed by atoms with van der Waals surface area (Å²) in [6.45, 7) is 2.29. The highest BCUT2D eigenvalue weighted by molar-refractivity contribution is 5.92. The van der Waals surface area contributed by atoms with Crippen molar-refractivity contribution in [2.24, 2.45) is 0 Å². The van der Waals surface area contributed by atoms with Crippen molar-refractivity contribution in [3.63, 3.8) is 0 Å². The second-order valence-corrected chi connectivity index (χ2v) is 6.45. The van der Waals surface area contributed by atoms with Crippen LogP contribution in [-0.2, 0) is 4.79 Å². The van der Waals surface area contributed by atoms with Gasteiger partial charge < -0.3 is 14.5 Å². The van der Waals surface area contributed by atoms with E-state index in [1.54, 1.807) is 18.2 Å². The minimum absolute atomic E-state index is 0.0136. The average Bonchev–Trinajstić information content (AvgIpc) is 2.67. The van der Waals surface area contributed by atoms with Gasteiger partial charge in [0.25, 0.3) is 0 Å². The maximum absolute atomic E-state index is 13.8. The van der Waals surface area contributed by atoms with Gasteiger partial charge in [-0.15, -0.1) is 0 Å². The van der Waals surface area contributed by atoms with Crippen LogP contribution in [0.2, 0.25) is 0 Å². The molecule has 0 aromatic heterocycles. The number of hydrogen-bond donors (Lipinski definition) is 0. The highest BCUT2D eigenvalue weighted by Crippen LogP contribution is 2.25. The van der Waals surface area contributed by atoms with Gasteiger partial charge in [-0.1, -0.05) is 36.4 Å². The number of benzene rings is 2. The number of methoxy groups -OCH3 is 1. The van der Waals surface area contributed by atoms with Gasteiger partial charge in [-0.25, -0.2) is 4.39 Å². The van der Waals surface area contributed by atoms with Gasteiger partial charge in [-0.2, -0.15) is 0 Å². The molecule has 1 amide bonds. The van der Waals surface area contributed by atoms with Crippen molar-refractivity contribution in [3.8, 4) is 5.75 Å². The van der Waals surface area contributed by atoms with E-state index in [-0.39, 0.29) is 17.7 Å². The topological polar surface area (TPSA) is 32.8 Å². The number of nitrogens with zero attached hydrogens (tertiary/aromatic N) is 2. The number of carbonyl (C=O) groups is 1. The van der Waals surface area contributed by atoms with Gasteiger partial charge >= 0.3 is 0 Å². The number of halogens is 1. The maximum Gasteiger partial charge on any atom is 0.247 e. The average molecular weight is 354 g/mol. The number of carbonyl (C=O) groups excluding carboxylic acids is 1. The van der Waals surface area contributed by atoms with Crippen LogP contribution in [0.3, 0.4) is 0 Å². The predicted octanol–water partition coefficient (Wildman–Crippen LogP) is 3.36. The summed E-state index contributed by atoms with van der Waals surface area (Å²) in [7, 11) is 3.49. The summed E-state index contributed by atoms with van der Waals surface area (Å²) >= 11 is 0. The molecule has 5 heteroatoms. The van der Waals surface area contributed by atoms with E-state index in [1.807, 2.05) is 35.2 Å². The lowest BCUT2D eigenvalue weighted by Crippen LogP contribution is -2.48. The highest BCUT2D eigenvalue weighted by Gasteiger charge is 2.28. The lowest BCUT2D eigenvalue weighted by Gasteiger charge is -2.39. The van der Waals surface area contributed by atoms with E-state index < -0.39 is 5.82 Å². The van der Waals surface area contributed by atoms with E-state index in [1.165, 1.54) is 19.3 Å². The first-order valence-electron chi connectivity index (χ1n) is 8.64. The summed E-state index contributed by atoms with van der Waals surface area (Å²) < 4.78 is 18.7. The normalized spacial score (nSPS) is 18.3. The Kier molecular flexibility index (Phi) is 5.68. The van der Waals surface area contributed by atoms with Gasteiger partial charge in [0.2, 0.25) is 5.91 Å². The molecule has 0 aliphatic carbocycles. The number of piperazine rings is 1. The summed E-state index contributed by atoms with van der Waals surface area (Å²) in [5.41, 5.74) is 1.75. The molecule has 26 heavy (non-hydrogen) atoms. The second kappa shape index (κ2) is 8.15. The molecule has 0 radical (unpaired) electrons. The first-order chi connectivity index (χ1) is 12.6. The lowest BCUT2D eigenvalue weighted by atomic mass is 10.0. The maximum atomic E-state index is 13.8. The van der Waals surface area contributed by atoms with Crippen molar-refractivity contribution in [3.05, 3.63) is 71.6 Å². The predicted molar refractivity (Wildman–Crippen MR) is 100 cm³/mol. The van der Waals surface area contributed by atoms with Crippen LogP contribution in [0.5, 0.6) is 5.75 Å². The molecule has 1 saturated heterocycles. The van der Waals surface area contributed by atoms with E-state index in [2.05, 4.69) is 11.9 Å². The van der Waals surface area contributed by atoms with Crippen molar-refractivity contribution in [1.29, 1.82) is 0 Å². The van der Waals surface area contributed by atoms with Gasteiger partial charge in [0, 0.05) is 25.7 Å². The molecule has 4 nitrogen and oxygen atoms in total. The molecule has 0 saturated carbocycles. The molecule has 0 bridgehead atoms. The summed E-state index contributed by atoms with van der Waals surface area (Å²) in [6.07, 6.45) is 3.16.